The average molecular weight is 252 g/mol. The lowest BCUT2D eigenvalue weighted by Crippen LogP contribution is -2.45. The largest absolute Gasteiger partial charge is 0.403 e. The number of halogens is 3. The summed E-state index contributed by atoms with van der Waals surface area (Å²) in [5.41, 5.74) is 0. The van der Waals surface area contributed by atoms with Gasteiger partial charge in [0.15, 0.2) is 0 Å². The Morgan fingerprint density at radius 1 is 1.35 bits per heavy atom. The van der Waals surface area contributed by atoms with Gasteiger partial charge in [-0.25, -0.2) is 0 Å². The third kappa shape index (κ3) is 5.39. The van der Waals surface area contributed by atoms with E-state index in [0.29, 0.717) is 0 Å². The Labute approximate surface area is 99.1 Å². The lowest BCUT2D eigenvalue weighted by molar-refractivity contribution is -0.157. The van der Waals surface area contributed by atoms with Gasteiger partial charge < -0.3 is 10.6 Å². The van der Waals surface area contributed by atoms with Gasteiger partial charge in [-0.3, -0.25) is 4.79 Å². The van der Waals surface area contributed by atoms with E-state index >= 15 is 0 Å². The molecule has 17 heavy (non-hydrogen) atoms. The Bertz CT molecular complexity index is 262. The van der Waals surface area contributed by atoms with E-state index in [9.17, 15) is 18.0 Å². The van der Waals surface area contributed by atoms with Crippen molar-refractivity contribution >= 4 is 5.91 Å². The fourth-order valence-corrected chi connectivity index (χ4v) is 1.42. The molecule has 2 N–H and O–H groups in total. The first-order valence-corrected chi connectivity index (χ1v) is 5.91. The first kappa shape index (κ1) is 14.3. The zero-order valence-corrected chi connectivity index (χ0v) is 10.1. The quantitative estimate of drug-likeness (QED) is 0.757. The molecule has 0 aromatic heterocycles. The van der Waals surface area contributed by atoms with Crippen LogP contribution in [0.25, 0.3) is 0 Å². The Balaban J connectivity index is 2.31. The first-order chi connectivity index (χ1) is 7.80. The number of alkyl halides is 3. The summed E-state index contributed by atoms with van der Waals surface area (Å²) in [6.07, 6.45) is -2.74. The van der Waals surface area contributed by atoms with Crippen molar-refractivity contribution in [2.24, 2.45) is 5.92 Å². The smallest absolute Gasteiger partial charge is 0.356 e. The zero-order chi connectivity index (χ0) is 13.1. The predicted octanol–water partition coefficient (Wildman–Crippen LogP) is 1.83. The molecule has 1 atom stereocenters. The maximum Gasteiger partial charge on any atom is 0.403 e. The van der Waals surface area contributed by atoms with Crippen LogP contribution >= 0.6 is 0 Å². The van der Waals surface area contributed by atoms with E-state index in [1.165, 1.54) is 0 Å². The Morgan fingerprint density at radius 3 is 2.35 bits per heavy atom. The molecule has 1 aliphatic carbocycles. The summed E-state index contributed by atoms with van der Waals surface area (Å²) in [4.78, 5) is 11.2. The molecule has 3 nitrogen and oxygen atoms in total. The van der Waals surface area contributed by atoms with Crippen LogP contribution in [-0.4, -0.2) is 30.7 Å². The van der Waals surface area contributed by atoms with E-state index in [0.717, 1.165) is 12.8 Å². The summed E-state index contributed by atoms with van der Waals surface area (Å²) in [5.74, 6) is -0.409. The number of hydrogen-bond donors (Lipinski definition) is 2. The number of nitrogens with one attached hydrogen (secondary N) is 2. The molecule has 0 aromatic rings. The zero-order valence-electron chi connectivity index (χ0n) is 10.1. The lowest BCUT2D eigenvalue weighted by atomic mass is 10.1. The molecule has 0 aliphatic heterocycles. The van der Waals surface area contributed by atoms with Gasteiger partial charge in [-0.2, -0.15) is 13.2 Å². The molecule has 0 aromatic carbocycles. The van der Waals surface area contributed by atoms with Gasteiger partial charge in [-0.1, -0.05) is 13.8 Å². The number of carbonyl (C=O) groups excluding carboxylic acids is 1. The van der Waals surface area contributed by atoms with Gasteiger partial charge >= 0.3 is 6.18 Å². The highest BCUT2D eigenvalue weighted by molar-refractivity contribution is 5.77. The molecule has 100 valence electrons. The van der Waals surface area contributed by atoms with E-state index in [1.54, 1.807) is 13.8 Å². The van der Waals surface area contributed by atoms with E-state index in [-0.39, 0.29) is 30.8 Å². The third-order valence-corrected chi connectivity index (χ3v) is 2.67. The van der Waals surface area contributed by atoms with Gasteiger partial charge in [0, 0.05) is 18.5 Å². The fraction of sp³-hybridized carbons (Fsp3) is 0.909. The molecule has 1 fully saturated rings. The predicted molar refractivity (Wildman–Crippen MR) is 58.5 cm³/mol. The molecule has 0 bridgehead atoms. The Hall–Kier alpha value is -0.780. The SMILES string of the molecule is CC(C)C(=O)NCCC(NC1CC1)C(F)(F)F. The van der Waals surface area contributed by atoms with Crippen LogP contribution in [0, 0.1) is 5.92 Å². The van der Waals surface area contributed by atoms with Crippen molar-refractivity contribution < 1.29 is 18.0 Å². The molecular weight excluding hydrogens is 233 g/mol. The minimum atomic E-state index is -4.24. The van der Waals surface area contributed by atoms with Crippen molar-refractivity contribution in [2.45, 2.75) is 51.4 Å². The first-order valence-electron chi connectivity index (χ1n) is 5.91. The van der Waals surface area contributed by atoms with Crippen LogP contribution in [-0.2, 0) is 4.79 Å². The van der Waals surface area contributed by atoms with Gasteiger partial charge in [0.2, 0.25) is 5.91 Å². The summed E-state index contributed by atoms with van der Waals surface area (Å²) in [7, 11) is 0. The molecule has 0 spiro atoms. The Kier molecular flexibility index (Phi) is 4.80. The van der Waals surface area contributed by atoms with E-state index in [1.807, 2.05) is 0 Å². The summed E-state index contributed by atoms with van der Waals surface area (Å²) in [6, 6.07) is -1.51. The third-order valence-electron chi connectivity index (χ3n) is 2.67. The molecular formula is C11H19F3N2O. The molecule has 0 heterocycles. The highest BCUT2D eigenvalue weighted by Gasteiger charge is 2.41. The van der Waals surface area contributed by atoms with Gasteiger partial charge in [0.1, 0.15) is 6.04 Å². The fourth-order valence-electron chi connectivity index (χ4n) is 1.42. The highest BCUT2D eigenvalue weighted by Crippen LogP contribution is 2.27. The van der Waals surface area contributed by atoms with Crippen LogP contribution in [0.4, 0.5) is 13.2 Å². The summed E-state index contributed by atoms with van der Waals surface area (Å²) in [6.45, 7) is 3.47. The molecule has 1 rings (SSSR count). The lowest BCUT2D eigenvalue weighted by Gasteiger charge is -2.21. The van der Waals surface area contributed by atoms with Crippen molar-refractivity contribution in [1.29, 1.82) is 0 Å². The van der Waals surface area contributed by atoms with Crippen LogP contribution in [0.2, 0.25) is 0 Å². The highest BCUT2D eigenvalue weighted by atomic mass is 19.4. The summed E-state index contributed by atoms with van der Waals surface area (Å²) in [5, 5.41) is 5.06. The molecule has 0 saturated heterocycles. The van der Waals surface area contributed by atoms with Gasteiger partial charge in [-0.05, 0) is 19.3 Å². The minimum Gasteiger partial charge on any atom is -0.356 e. The summed E-state index contributed by atoms with van der Waals surface area (Å²) < 4.78 is 37.8. The van der Waals surface area contributed by atoms with Gasteiger partial charge in [-0.15, -0.1) is 0 Å². The molecule has 1 aliphatic rings. The monoisotopic (exact) mass is 252 g/mol. The van der Waals surface area contributed by atoms with Crippen LogP contribution in [0.3, 0.4) is 0 Å². The molecule has 1 saturated carbocycles. The Morgan fingerprint density at radius 2 is 1.94 bits per heavy atom. The van der Waals surface area contributed by atoms with Crippen molar-refractivity contribution in [3.05, 3.63) is 0 Å². The number of amides is 1. The van der Waals surface area contributed by atoms with Crippen molar-refractivity contribution in [1.82, 2.24) is 10.6 Å². The molecule has 0 radical (unpaired) electrons. The number of hydrogen-bond acceptors (Lipinski definition) is 2. The summed E-state index contributed by atoms with van der Waals surface area (Å²) >= 11 is 0. The van der Waals surface area contributed by atoms with Crippen LogP contribution < -0.4 is 10.6 Å². The molecule has 1 amide bonds. The number of carbonyl (C=O) groups is 1. The normalized spacial score (nSPS) is 18.2. The molecule has 1 unspecified atom stereocenters. The number of rotatable bonds is 6. The van der Waals surface area contributed by atoms with E-state index in [4.69, 9.17) is 0 Å². The average Bonchev–Trinajstić information content (AvgIpc) is 2.98. The molecule has 6 heteroatoms. The van der Waals surface area contributed by atoms with E-state index in [2.05, 4.69) is 10.6 Å². The second-order valence-corrected chi connectivity index (χ2v) is 4.77. The van der Waals surface area contributed by atoms with Gasteiger partial charge in [0.25, 0.3) is 0 Å². The minimum absolute atomic E-state index is 0.00225. The van der Waals surface area contributed by atoms with E-state index < -0.39 is 12.2 Å². The topological polar surface area (TPSA) is 41.1 Å². The second kappa shape index (κ2) is 5.71. The van der Waals surface area contributed by atoms with Crippen LogP contribution in [0.5, 0.6) is 0 Å². The van der Waals surface area contributed by atoms with Crippen molar-refractivity contribution in [3.63, 3.8) is 0 Å². The van der Waals surface area contributed by atoms with Crippen LogP contribution in [0.1, 0.15) is 33.1 Å². The van der Waals surface area contributed by atoms with Gasteiger partial charge in [0.05, 0.1) is 0 Å². The maximum atomic E-state index is 12.6. The second-order valence-electron chi connectivity index (χ2n) is 4.77. The van der Waals surface area contributed by atoms with Crippen molar-refractivity contribution in [2.75, 3.05) is 6.54 Å². The van der Waals surface area contributed by atoms with Crippen molar-refractivity contribution in [3.8, 4) is 0 Å². The standard InChI is InChI=1S/C11H19F3N2O/c1-7(2)10(17)15-6-5-9(11(12,13)14)16-8-3-4-8/h7-9,16H,3-6H2,1-2H3,(H,15,17). The van der Waals surface area contributed by atoms with Crippen LogP contribution in [0.15, 0.2) is 0 Å². The maximum absolute atomic E-state index is 12.6.